The van der Waals surface area contributed by atoms with E-state index in [9.17, 15) is 26.4 Å². The van der Waals surface area contributed by atoms with Crippen LogP contribution in [0.15, 0.2) is 59.6 Å². The maximum atomic E-state index is 13.0. The molecular formula is C21H17F3N6O3S2. The average Bonchev–Trinajstić information content (AvgIpc) is 3.39. The van der Waals surface area contributed by atoms with Gasteiger partial charge in [0.05, 0.1) is 21.8 Å². The zero-order valence-electron chi connectivity index (χ0n) is 17.9. The smallest absolute Gasteiger partial charge is 0.296 e. The van der Waals surface area contributed by atoms with E-state index < -0.39 is 27.7 Å². The van der Waals surface area contributed by atoms with Gasteiger partial charge in [-0.25, -0.2) is 23.2 Å². The lowest BCUT2D eigenvalue weighted by atomic mass is 10.1. The van der Waals surface area contributed by atoms with Crippen LogP contribution < -0.4 is 10.5 Å². The highest BCUT2D eigenvalue weighted by Gasteiger charge is 2.31. The van der Waals surface area contributed by atoms with Crippen LogP contribution in [0.25, 0.3) is 5.69 Å². The summed E-state index contributed by atoms with van der Waals surface area (Å²) in [7, 11) is -3.78. The summed E-state index contributed by atoms with van der Waals surface area (Å²) in [6, 6.07) is 10.6. The summed E-state index contributed by atoms with van der Waals surface area (Å²) in [5.41, 5.74) is 0.296. The van der Waals surface area contributed by atoms with E-state index in [0.717, 1.165) is 27.3 Å². The normalized spacial score (nSPS) is 12.0. The number of alkyl halides is 3. The Balaban J connectivity index is 1.47. The molecule has 2 heterocycles. The Bertz CT molecular complexity index is 1500. The predicted molar refractivity (Wildman–Crippen MR) is 122 cm³/mol. The van der Waals surface area contributed by atoms with Crippen molar-refractivity contribution in [1.82, 2.24) is 20.0 Å². The molecule has 0 aliphatic rings. The Kier molecular flexibility index (Phi) is 6.44. The van der Waals surface area contributed by atoms with Gasteiger partial charge in [0.2, 0.25) is 10.0 Å². The number of halogens is 3. The molecule has 14 heteroatoms. The third-order valence-corrected chi connectivity index (χ3v) is 6.77. The average molecular weight is 523 g/mol. The van der Waals surface area contributed by atoms with Gasteiger partial charge in [-0.3, -0.25) is 10.1 Å². The Morgan fingerprint density at radius 3 is 2.54 bits per heavy atom. The maximum absolute atomic E-state index is 13.0. The molecule has 1 amide bonds. The van der Waals surface area contributed by atoms with Crippen LogP contribution in [0.2, 0.25) is 0 Å². The molecule has 3 N–H and O–H groups in total. The predicted octanol–water partition coefficient (Wildman–Crippen LogP) is 3.54. The third-order valence-electron chi connectivity index (χ3n) is 4.93. The van der Waals surface area contributed by atoms with Gasteiger partial charge in [0.25, 0.3) is 5.91 Å². The molecule has 182 valence electrons. The van der Waals surface area contributed by atoms with E-state index in [1.54, 1.807) is 18.3 Å². The molecule has 4 rings (SSSR count). The number of benzene rings is 2. The highest BCUT2D eigenvalue weighted by molar-refractivity contribution is 7.89. The largest absolute Gasteiger partial charge is 0.416 e. The van der Waals surface area contributed by atoms with E-state index in [2.05, 4.69) is 20.6 Å². The molecule has 0 saturated heterocycles. The van der Waals surface area contributed by atoms with Crippen molar-refractivity contribution >= 4 is 32.4 Å². The summed E-state index contributed by atoms with van der Waals surface area (Å²) < 4.78 is 62.9. The number of primary sulfonamides is 1. The Morgan fingerprint density at radius 1 is 1.17 bits per heavy atom. The van der Waals surface area contributed by atoms with Gasteiger partial charge in [-0.1, -0.05) is 23.4 Å². The van der Waals surface area contributed by atoms with Crippen molar-refractivity contribution in [2.45, 2.75) is 24.4 Å². The molecule has 0 saturated carbocycles. The number of carbonyl (C=O) groups excluding carboxylic acids is 1. The van der Waals surface area contributed by atoms with Gasteiger partial charge < -0.3 is 0 Å². The molecule has 2 aromatic heterocycles. The van der Waals surface area contributed by atoms with E-state index in [1.165, 1.54) is 42.5 Å². The fourth-order valence-electron chi connectivity index (χ4n) is 3.20. The summed E-state index contributed by atoms with van der Waals surface area (Å²) in [6.07, 6.45) is -2.50. The Morgan fingerprint density at radius 2 is 1.89 bits per heavy atom. The molecule has 0 fully saturated rings. The second-order valence-corrected chi connectivity index (χ2v) is 10.1. The van der Waals surface area contributed by atoms with Crippen molar-refractivity contribution in [2.75, 3.05) is 5.32 Å². The van der Waals surface area contributed by atoms with Crippen LogP contribution in [0.5, 0.6) is 0 Å². The lowest BCUT2D eigenvalue weighted by Crippen LogP contribution is -2.14. The van der Waals surface area contributed by atoms with Crippen molar-refractivity contribution in [3.05, 3.63) is 82.1 Å². The molecule has 0 spiro atoms. The summed E-state index contributed by atoms with van der Waals surface area (Å²) in [5.74, 6) is -0.612. The highest BCUT2D eigenvalue weighted by Crippen LogP contribution is 2.30. The summed E-state index contributed by atoms with van der Waals surface area (Å²) in [6.45, 7) is 1.52. The van der Waals surface area contributed by atoms with Crippen LogP contribution in [0.3, 0.4) is 0 Å². The molecule has 0 bridgehead atoms. The van der Waals surface area contributed by atoms with Gasteiger partial charge in [-0.15, -0.1) is 16.4 Å². The highest BCUT2D eigenvalue weighted by atomic mass is 32.2. The van der Waals surface area contributed by atoms with E-state index in [4.69, 9.17) is 5.14 Å². The lowest BCUT2D eigenvalue weighted by molar-refractivity contribution is -0.137. The summed E-state index contributed by atoms with van der Waals surface area (Å²) in [4.78, 5) is 17.7. The fourth-order valence-corrected chi connectivity index (χ4v) is 4.56. The van der Waals surface area contributed by atoms with Crippen molar-refractivity contribution in [1.29, 1.82) is 0 Å². The van der Waals surface area contributed by atoms with Crippen molar-refractivity contribution in [3.63, 3.8) is 0 Å². The van der Waals surface area contributed by atoms with E-state index in [1.807, 2.05) is 0 Å². The zero-order valence-corrected chi connectivity index (χ0v) is 19.6. The standard InChI is InChI=1S/C21H17F3N6O3S2/c1-12-18(28-29-30(12)15-4-2-3-14(10-15)21(22,23)24)19(31)27-20-26-11-16(34-20)9-13-5-7-17(8-6-13)35(25,32)33/h2-8,10-11H,9H2,1H3,(H2,25,32,33)(H,26,27,31). The number of nitrogens with zero attached hydrogens (tertiary/aromatic N) is 4. The maximum Gasteiger partial charge on any atom is 0.416 e. The topological polar surface area (TPSA) is 133 Å². The fraction of sp³-hybridized carbons (Fsp3) is 0.143. The number of sulfonamides is 1. The van der Waals surface area contributed by atoms with Crippen LogP contribution >= 0.6 is 11.3 Å². The van der Waals surface area contributed by atoms with Gasteiger partial charge in [0.1, 0.15) is 0 Å². The molecule has 4 aromatic rings. The zero-order chi connectivity index (χ0) is 25.4. The quantitative estimate of drug-likeness (QED) is 0.398. The van der Waals surface area contributed by atoms with Crippen LogP contribution in [0.1, 0.15) is 32.2 Å². The first-order chi connectivity index (χ1) is 16.4. The summed E-state index contributed by atoms with van der Waals surface area (Å²) in [5, 5.41) is 15.6. The number of carbonyl (C=O) groups is 1. The third kappa shape index (κ3) is 5.55. The minimum atomic E-state index is -4.52. The van der Waals surface area contributed by atoms with Gasteiger partial charge in [0, 0.05) is 17.5 Å². The van der Waals surface area contributed by atoms with E-state index in [0.29, 0.717) is 11.6 Å². The second kappa shape index (κ2) is 9.20. The molecule has 0 radical (unpaired) electrons. The Hall–Kier alpha value is -3.62. The van der Waals surface area contributed by atoms with E-state index >= 15 is 0 Å². The van der Waals surface area contributed by atoms with Crippen LogP contribution in [0.4, 0.5) is 18.3 Å². The lowest BCUT2D eigenvalue weighted by Gasteiger charge is -2.09. The minimum Gasteiger partial charge on any atom is -0.296 e. The van der Waals surface area contributed by atoms with Gasteiger partial charge in [-0.2, -0.15) is 13.2 Å². The molecule has 0 aliphatic heterocycles. The molecule has 2 aromatic carbocycles. The van der Waals surface area contributed by atoms with Crippen LogP contribution in [0, 0.1) is 6.92 Å². The first-order valence-corrected chi connectivity index (χ1v) is 12.3. The number of amides is 1. The van der Waals surface area contributed by atoms with Gasteiger partial charge in [0.15, 0.2) is 10.8 Å². The number of nitrogens with one attached hydrogen (secondary N) is 1. The molecule has 0 aliphatic carbocycles. The Labute approximate surface area is 201 Å². The monoisotopic (exact) mass is 522 g/mol. The second-order valence-electron chi connectivity index (χ2n) is 7.43. The number of anilines is 1. The number of hydrogen-bond donors (Lipinski definition) is 2. The van der Waals surface area contributed by atoms with Crippen molar-refractivity contribution in [2.24, 2.45) is 5.14 Å². The number of rotatable bonds is 6. The van der Waals surface area contributed by atoms with Gasteiger partial charge in [-0.05, 0) is 42.8 Å². The molecular weight excluding hydrogens is 505 g/mol. The van der Waals surface area contributed by atoms with Crippen molar-refractivity contribution in [3.8, 4) is 5.69 Å². The number of aromatic nitrogens is 4. The van der Waals surface area contributed by atoms with E-state index in [-0.39, 0.29) is 22.0 Å². The van der Waals surface area contributed by atoms with Gasteiger partial charge >= 0.3 is 6.18 Å². The van der Waals surface area contributed by atoms with Crippen LogP contribution in [-0.2, 0) is 22.6 Å². The first-order valence-electron chi connectivity index (χ1n) is 9.89. The molecule has 0 atom stereocenters. The molecule has 35 heavy (non-hydrogen) atoms. The number of hydrogen-bond acceptors (Lipinski definition) is 7. The SMILES string of the molecule is Cc1c(C(=O)Nc2ncc(Cc3ccc(S(N)(=O)=O)cc3)s2)nnn1-c1cccc(C(F)(F)F)c1. The summed E-state index contributed by atoms with van der Waals surface area (Å²) >= 11 is 1.21. The molecule has 0 unspecified atom stereocenters. The van der Waals surface area contributed by atoms with Crippen molar-refractivity contribution < 1.29 is 26.4 Å². The van der Waals surface area contributed by atoms with Crippen LogP contribution in [-0.4, -0.2) is 34.3 Å². The first kappa shape index (κ1) is 24.5. The molecule has 9 nitrogen and oxygen atoms in total. The number of thiazole rings is 1. The minimum absolute atomic E-state index is 0.00653. The number of nitrogens with two attached hydrogens (primary N) is 1.